The highest BCUT2D eigenvalue weighted by Gasteiger charge is 2.18. The molecule has 0 spiro atoms. The highest BCUT2D eigenvalue weighted by molar-refractivity contribution is 9.10. The van der Waals surface area contributed by atoms with E-state index in [0.717, 1.165) is 30.4 Å². The summed E-state index contributed by atoms with van der Waals surface area (Å²) in [6.07, 6.45) is 4.71. The molecule has 1 fully saturated rings. The molecule has 2 aromatic carbocycles. The molecule has 1 aliphatic heterocycles. The van der Waals surface area contributed by atoms with Gasteiger partial charge in [0.2, 0.25) is 5.88 Å². The van der Waals surface area contributed by atoms with Crippen molar-refractivity contribution in [3.05, 3.63) is 82.5 Å². The van der Waals surface area contributed by atoms with E-state index in [-0.39, 0.29) is 11.8 Å². The number of nitrogens with zero attached hydrogens (tertiary/aromatic N) is 2. The number of hydrogen-bond donors (Lipinski definition) is 1. The van der Waals surface area contributed by atoms with E-state index in [1.54, 1.807) is 36.4 Å². The molecule has 4 rings (SSSR count). The molecule has 0 radical (unpaired) electrons. The number of halogens is 1. The van der Waals surface area contributed by atoms with Gasteiger partial charge in [-0.1, -0.05) is 28.1 Å². The molecule has 3 aromatic rings. The van der Waals surface area contributed by atoms with Gasteiger partial charge in [0.1, 0.15) is 5.75 Å². The predicted molar refractivity (Wildman–Crippen MR) is 123 cm³/mol. The summed E-state index contributed by atoms with van der Waals surface area (Å²) in [7, 11) is 0. The molecule has 0 bridgehead atoms. The molecule has 0 saturated carbocycles. The van der Waals surface area contributed by atoms with E-state index in [1.165, 1.54) is 12.6 Å². The van der Waals surface area contributed by atoms with Gasteiger partial charge in [-0.15, -0.1) is 0 Å². The van der Waals surface area contributed by atoms with Crippen LogP contribution in [0.4, 0.5) is 5.69 Å². The zero-order valence-corrected chi connectivity index (χ0v) is 18.5. The lowest BCUT2D eigenvalue weighted by Crippen LogP contribution is -2.35. The number of nitrogens with one attached hydrogen (secondary N) is 1. The third-order valence-electron chi connectivity index (χ3n) is 5.03. The number of hydrogen-bond acceptors (Lipinski definition) is 4. The molecule has 1 saturated heterocycles. The Balaban J connectivity index is 1.40. The Morgan fingerprint density at radius 3 is 2.48 bits per heavy atom. The molecule has 2 heterocycles. The van der Waals surface area contributed by atoms with Gasteiger partial charge in [-0.05, 0) is 61.7 Å². The van der Waals surface area contributed by atoms with Gasteiger partial charge >= 0.3 is 0 Å². The lowest BCUT2D eigenvalue weighted by atomic mass is 10.1. The number of piperidine rings is 1. The quantitative estimate of drug-likeness (QED) is 0.523. The van der Waals surface area contributed by atoms with Crippen LogP contribution in [-0.4, -0.2) is 34.8 Å². The minimum atomic E-state index is -0.302. The zero-order chi connectivity index (χ0) is 21.6. The predicted octanol–water partition coefficient (Wildman–Crippen LogP) is 5.51. The average molecular weight is 480 g/mol. The molecule has 7 heteroatoms. The Bertz CT molecular complexity index is 1080. The Labute approximate surface area is 189 Å². The summed E-state index contributed by atoms with van der Waals surface area (Å²) in [4.78, 5) is 31.4. The van der Waals surface area contributed by atoms with E-state index in [2.05, 4.69) is 26.2 Å². The standard InChI is InChI=1S/C24H22BrN3O3/c25-19-7-5-9-21(15-19)31-22-11-10-18(16-26-22)23(29)27-20-8-4-6-17(14-20)24(30)28-12-2-1-3-13-28/h4-11,14-16H,1-3,12-13H2,(H,27,29). The Hall–Kier alpha value is -3.19. The van der Waals surface area contributed by atoms with Crippen molar-refractivity contribution < 1.29 is 14.3 Å². The average Bonchev–Trinajstić information content (AvgIpc) is 2.80. The van der Waals surface area contributed by atoms with Crippen molar-refractivity contribution in [2.24, 2.45) is 0 Å². The summed E-state index contributed by atoms with van der Waals surface area (Å²) in [5, 5.41) is 2.84. The van der Waals surface area contributed by atoms with Crippen LogP contribution >= 0.6 is 15.9 Å². The fraction of sp³-hybridized carbons (Fsp3) is 0.208. The van der Waals surface area contributed by atoms with Crippen LogP contribution < -0.4 is 10.1 Å². The molecule has 1 aliphatic rings. The first-order valence-corrected chi connectivity index (χ1v) is 11.0. The van der Waals surface area contributed by atoms with E-state index in [1.807, 2.05) is 29.2 Å². The SMILES string of the molecule is O=C(Nc1cccc(C(=O)N2CCCCC2)c1)c1ccc(Oc2cccc(Br)c2)nc1. The minimum absolute atomic E-state index is 0.00603. The third-order valence-corrected chi connectivity index (χ3v) is 5.52. The van der Waals surface area contributed by atoms with Crippen LogP contribution in [0.1, 0.15) is 40.0 Å². The maximum absolute atomic E-state index is 12.7. The summed E-state index contributed by atoms with van der Waals surface area (Å²) in [5.41, 5.74) is 1.55. The van der Waals surface area contributed by atoms with E-state index in [9.17, 15) is 9.59 Å². The number of carbonyl (C=O) groups is 2. The molecule has 2 amide bonds. The van der Waals surface area contributed by atoms with Crippen molar-refractivity contribution in [2.75, 3.05) is 18.4 Å². The van der Waals surface area contributed by atoms with E-state index >= 15 is 0 Å². The normalized spacial score (nSPS) is 13.5. The first kappa shape index (κ1) is 21.1. The largest absolute Gasteiger partial charge is 0.439 e. The monoisotopic (exact) mass is 479 g/mol. The fourth-order valence-electron chi connectivity index (χ4n) is 3.44. The summed E-state index contributed by atoms with van der Waals surface area (Å²) < 4.78 is 6.60. The summed E-state index contributed by atoms with van der Waals surface area (Å²) in [5.74, 6) is 0.744. The van der Waals surface area contributed by atoms with E-state index in [4.69, 9.17) is 4.74 Å². The van der Waals surface area contributed by atoms with Crippen molar-refractivity contribution in [3.8, 4) is 11.6 Å². The van der Waals surface area contributed by atoms with Crippen molar-refractivity contribution in [3.63, 3.8) is 0 Å². The topological polar surface area (TPSA) is 71.5 Å². The number of rotatable bonds is 5. The van der Waals surface area contributed by atoms with Crippen molar-refractivity contribution >= 4 is 33.4 Å². The second-order valence-corrected chi connectivity index (χ2v) is 8.25. The summed E-state index contributed by atoms with van der Waals surface area (Å²) >= 11 is 3.40. The van der Waals surface area contributed by atoms with Gasteiger partial charge in [0.25, 0.3) is 11.8 Å². The van der Waals surface area contributed by atoms with Crippen LogP contribution in [0.2, 0.25) is 0 Å². The number of likely N-dealkylation sites (tertiary alicyclic amines) is 1. The number of carbonyl (C=O) groups excluding carboxylic acids is 2. The number of anilines is 1. The Morgan fingerprint density at radius 2 is 1.74 bits per heavy atom. The van der Waals surface area contributed by atoms with Crippen molar-refractivity contribution in [2.45, 2.75) is 19.3 Å². The van der Waals surface area contributed by atoms with Gasteiger partial charge in [-0.3, -0.25) is 9.59 Å². The minimum Gasteiger partial charge on any atom is -0.439 e. The Morgan fingerprint density at radius 1 is 0.935 bits per heavy atom. The van der Waals surface area contributed by atoms with Crippen molar-refractivity contribution in [1.82, 2.24) is 9.88 Å². The number of amides is 2. The number of ether oxygens (including phenoxy) is 1. The van der Waals surface area contributed by atoms with Crippen LogP contribution in [0, 0.1) is 0 Å². The zero-order valence-electron chi connectivity index (χ0n) is 16.9. The molecular formula is C24H22BrN3O3. The van der Waals surface area contributed by atoms with Gasteiger partial charge < -0.3 is 15.0 Å². The van der Waals surface area contributed by atoms with Crippen LogP contribution in [0.15, 0.2) is 71.3 Å². The second kappa shape index (κ2) is 9.75. The first-order chi connectivity index (χ1) is 15.1. The molecule has 0 unspecified atom stereocenters. The lowest BCUT2D eigenvalue weighted by molar-refractivity contribution is 0.0724. The molecule has 31 heavy (non-hydrogen) atoms. The molecule has 6 nitrogen and oxygen atoms in total. The van der Waals surface area contributed by atoms with Crippen LogP contribution in [-0.2, 0) is 0 Å². The molecular weight excluding hydrogens is 458 g/mol. The van der Waals surface area contributed by atoms with E-state index in [0.29, 0.717) is 28.4 Å². The highest BCUT2D eigenvalue weighted by atomic mass is 79.9. The molecule has 1 aromatic heterocycles. The number of aromatic nitrogens is 1. The summed E-state index contributed by atoms with van der Waals surface area (Å²) in [6, 6.07) is 17.8. The molecule has 1 N–H and O–H groups in total. The van der Waals surface area contributed by atoms with Crippen LogP contribution in [0.3, 0.4) is 0 Å². The molecule has 158 valence electrons. The van der Waals surface area contributed by atoms with Crippen molar-refractivity contribution in [1.29, 1.82) is 0 Å². The summed E-state index contributed by atoms with van der Waals surface area (Å²) in [6.45, 7) is 1.57. The maximum atomic E-state index is 12.7. The molecule has 0 aliphatic carbocycles. The third kappa shape index (κ3) is 5.49. The highest BCUT2D eigenvalue weighted by Crippen LogP contribution is 2.23. The van der Waals surface area contributed by atoms with Gasteiger partial charge in [0, 0.05) is 41.1 Å². The number of benzene rings is 2. The van der Waals surface area contributed by atoms with Crippen LogP contribution in [0.5, 0.6) is 11.6 Å². The van der Waals surface area contributed by atoms with Crippen LogP contribution in [0.25, 0.3) is 0 Å². The van der Waals surface area contributed by atoms with Gasteiger partial charge in [-0.2, -0.15) is 0 Å². The maximum Gasteiger partial charge on any atom is 0.257 e. The lowest BCUT2D eigenvalue weighted by Gasteiger charge is -2.26. The smallest absolute Gasteiger partial charge is 0.257 e. The van der Waals surface area contributed by atoms with Gasteiger partial charge in [0.15, 0.2) is 0 Å². The second-order valence-electron chi connectivity index (χ2n) is 7.33. The van der Waals surface area contributed by atoms with Gasteiger partial charge in [-0.25, -0.2) is 4.98 Å². The Kier molecular flexibility index (Phi) is 6.62. The first-order valence-electron chi connectivity index (χ1n) is 10.2. The molecule has 0 atom stereocenters. The van der Waals surface area contributed by atoms with E-state index < -0.39 is 0 Å². The van der Waals surface area contributed by atoms with Gasteiger partial charge in [0.05, 0.1) is 5.56 Å². The fourth-order valence-corrected chi connectivity index (χ4v) is 3.82. The number of pyridine rings is 1.